The van der Waals surface area contributed by atoms with Crippen LogP contribution < -0.4 is 10.5 Å². The Morgan fingerprint density at radius 2 is 2.18 bits per heavy atom. The van der Waals surface area contributed by atoms with Crippen molar-refractivity contribution in [2.75, 3.05) is 24.8 Å². The van der Waals surface area contributed by atoms with Gasteiger partial charge in [-0.25, -0.2) is 9.18 Å². The van der Waals surface area contributed by atoms with Crippen LogP contribution in [0, 0.1) is 5.82 Å². The molecule has 7 heteroatoms. The molecule has 0 amide bonds. The number of carbonyl (C=O) groups excluding carboxylic acids is 1. The van der Waals surface area contributed by atoms with E-state index < -0.39 is 11.8 Å². The number of nitrogen functional groups attached to an aromatic ring is 1. The van der Waals surface area contributed by atoms with Gasteiger partial charge in [0.2, 0.25) is 0 Å². The Labute approximate surface area is 107 Å². The zero-order valence-corrected chi connectivity index (χ0v) is 10.2. The molecule has 0 unspecified atom stereocenters. The third kappa shape index (κ3) is 4.28. The highest BCUT2D eigenvalue weighted by molar-refractivity contribution is 6.32. The number of ether oxygens (including phenoxy) is 2. The molecule has 1 rings (SSSR count). The molecule has 0 heterocycles. The highest BCUT2D eigenvalue weighted by Crippen LogP contribution is 2.28. The minimum Gasteiger partial charge on any atom is -0.480 e. The number of rotatable bonds is 5. The number of hydrogen-bond donors (Lipinski definition) is 1. The van der Waals surface area contributed by atoms with Crippen molar-refractivity contribution >= 4 is 34.9 Å². The average Bonchev–Trinajstić information content (AvgIpc) is 2.29. The van der Waals surface area contributed by atoms with E-state index >= 15 is 0 Å². The number of carbonyl (C=O) groups is 1. The maximum absolute atomic E-state index is 13.0. The molecule has 0 radical (unpaired) electrons. The van der Waals surface area contributed by atoms with Crippen molar-refractivity contribution in [1.29, 1.82) is 0 Å². The van der Waals surface area contributed by atoms with Gasteiger partial charge < -0.3 is 15.2 Å². The predicted octanol–water partition coefficient (Wildman–Crippen LogP) is 2.22. The summed E-state index contributed by atoms with van der Waals surface area (Å²) in [4.78, 5) is 11.1. The molecule has 0 aliphatic heterocycles. The van der Waals surface area contributed by atoms with Gasteiger partial charge in [0.05, 0.1) is 16.6 Å². The SMILES string of the molecule is Nc1cc(OCC(=O)OCCCl)c(Cl)cc1F. The number of alkyl halides is 1. The topological polar surface area (TPSA) is 61.5 Å². The summed E-state index contributed by atoms with van der Waals surface area (Å²) in [5.74, 6) is -0.916. The number of benzene rings is 1. The number of esters is 1. The molecule has 17 heavy (non-hydrogen) atoms. The second kappa shape index (κ2) is 6.51. The minimum absolute atomic E-state index is 0.0295. The van der Waals surface area contributed by atoms with Gasteiger partial charge in [0.15, 0.2) is 6.61 Å². The molecule has 1 aromatic rings. The zero-order chi connectivity index (χ0) is 12.8. The van der Waals surface area contributed by atoms with Crippen molar-refractivity contribution in [1.82, 2.24) is 0 Å². The van der Waals surface area contributed by atoms with E-state index in [4.69, 9.17) is 33.7 Å². The molecule has 0 aliphatic carbocycles. The third-order valence-electron chi connectivity index (χ3n) is 1.74. The number of nitrogens with two attached hydrogens (primary N) is 1. The van der Waals surface area contributed by atoms with Crippen LogP contribution in [-0.2, 0) is 9.53 Å². The Bertz CT molecular complexity index is 415. The van der Waals surface area contributed by atoms with E-state index in [-0.39, 0.29) is 35.6 Å². The molecule has 1 aromatic carbocycles. The largest absolute Gasteiger partial charge is 0.480 e. The summed E-state index contributed by atoms with van der Waals surface area (Å²) in [5.41, 5.74) is 5.22. The zero-order valence-electron chi connectivity index (χ0n) is 8.71. The summed E-state index contributed by atoms with van der Waals surface area (Å²) < 4.78 is 22.7. The van der Waals surface area contributed by atoms with Gasteiger partial charge >= 0.3 is 5.97 Å². The summed E-state index contributed by atoms with van der Waals surface area (Å²) >= 11 is 11.0. The number of hydrogen-bond acceptors (Lipinski definition) is 4. The molecule has 0 fully saturated rings. The first-order chi connectivity index (χ1) is 8.04. The number of halogens is 3. The van der Waals surface area contributed by atoms with Crippen molar-refractivity contribution < 1.29 is 18.7 Å². The van der Waals surface area contributed by atoms with Gasteiger partial charge in [0.25, 0.3) is 0 Å². The standard InChI is InChI=1S/C10H10Cl2FNO3/c11-1-2-16-10(15)5-17-9-4-8(14)7(13)3-6(9)12/h3-4H,1-2,5,14H2. The molecular formula is C10H10Cl2FNO3. The lowest BCUT2D eigenvalue weighted by Crippen LogP contribution is -2.16. The van der Waals surface area contributed by atoms with Gasteiger partial charge in [-0.05, 0) is 6.07 Å². The normalized spacial score (nSPS) is 10.1. The van der Waals surface area contributed by atoms with Gasteiger partial charge in [0, 0.05) is 6.07 Å². The number of anilines is 1. The second-order valence-electron chi connectivity index (χ2n) is 3.00. The highest BCUT2D eigenvalue weighted by atomic mass is 35.5. The Morgan fingerprint density at radius 3 is 2.82 bits per heavy atom. The second-order valence-corrected chi connectivity index (χ2v) is 3.79. The fraction of sp³-hybridized carbons (Fsp3) is 0.300. The molecule has 0 spiro atoms. The van der Waals surface area contributed by atoms with Gasteiger partial charge in [0.1, 0.15) is 18.2 Å². The molecule has 0 aliphatic rings. The molecule has 0 bridgehead atoms. The van der Waals surface area contributed by atoms with E-state index in [9.17, 15) is 9.18 Å². The fourth-order valence-electron chi connectivity index (χ4n) is 0.986. The molecule has 0 saturated carbocycles. The van der Waals surface area contributed by atoms with Crippen LogP contribution >= 0.6 is 23.2 Å². The van der Waals surface area contributed by atoms with Crippen LogP contribution in [0.2, 0.25) is 5.02 Å². The first kappa shape index (κ1) is 13.9. The lowest BCUT2D eigenvalue weighted by atomic mass is 10.3. The predicted molar refractivity (Wildman–Crippen MR) is 63.0 cm³/mol. The highest BCUT2D eigenvalue weighted by Gasteiger charge is 2.10. The van der Waals surface area contributed by atoms with Crippen LogP contribution in [0.3, 0.4) is 0 Å². The van der Waals surface area contributed by atoms with Crippen LogP contribution in [-0.4, -0.2) is 25.1 Å². The van der Waals surface area contributed by atoms with E-state index in [1.165, 1.54) is 6.07 Å². The molecule has 2 N–H and O–H groups in total. The van der Waals surface area contributed by atoms with Crippen molar-refractivity contribution in [2.45, 2.75) is 0 Å². The van der Waals surface area contributed by atoms with Crippen LogP contribution in [0.15, 0.2) is 12.1 Å². The van der Waals surface area contributed by atoms with Crippen LogP contribution in [0.4, 0.5) is 10.1 Å². The first-order valence-corrected chi connectivity index (χ1v) is 5.54. The third-order valence-corrected chi connectivity index (χ3v) is 2.19. The van der Waals surface area contributed by atoms with Crippen molar-refractivity contribution in [3.63, 3.8) is 0 Å². The van der Waals surface area contributed by atoms with Crippen LogP contribution in [0.5, 0.6) is 5.75 Å². The van der Waals surface area contributed by atoms with Crippen molar-refractivity contribution in [2.24, 2.45) is 0 Å². The molecule has 94 valence electrons. The molecule has 4 nitrogen and oxygen atoms in total. The van der Waals surface area contributed by atoms with E-state index in [2.05, 4.69) is 4.74 Å². The summed E-state index contributed by atoms with van der Waals surface area (Å²) in [6.07, 6.45) is 0. The molecular weight excluding hydrogens is 272 g/mol. The smallest absolute Gasteiger partial charge is 0.344 e. The monoisotopic (exact) mass is 281 g/mol. The van der Waals surface area contributed by atoms with E-state index in [1.807, 2.05) is 0 Å². The summed E-state index contributed by atoms with van der Waals surface area (Å²) in [7, 11) is 0. The van der Waals surface area contributed by atoms with Crippen LogP contribution in [0.1, 0.15) is 0 Å². The maximum atomic E-state index is 13.0. The molecule has 0 aromatic heterocycles. The summed E-state index contributed by atoms with van der Waals surface area (Å²) in [6, 6.07) is 2.21. The molecule has 0 atom stereocenters. The van der Waals surface area contributed by atoms with Gasteiger partial charge in [-0.15, -0.1) is 11.6 Å². The van der Waals surface area contributed by atoms with E-state index in [0.29, 0.717) is 0 Å². The lowest BCUT2D eigenvalue weighted by Gasteiger charge is -2.08. The average molecular weight is 282 g/mol. The van der Waals surface area contributed by atoms with E-state index in [0.717, 1.165) is 6.07 Å². The maximum Gasteiger partial charge on any atom is 0.344 e. The van der Waals surface area contributed by atoms with Crippen molar-refractivity contribution in [3.05, 3.63) is 23.0 Å². The lowest BCUT2D eigenvalue weighted by molar-refractivity contribution is -0.145. The molecule has 0 saturated heterocycles. The Kier molecular flexibility index (Phi) is 5.31. The minimum atomic E-state index is -0.646. The Morgan fingerprint density at radius 1 is 1.47 bits per heavy atom. The van der Waals surface area contributed by atoms with Crippen LogP contribution in [0.25, 0.3) is 0 Å². The van der Waals surface area contributed by atoms with Crippen molar-refractivity contribution in [3.8, 4) is 5.75 Å². The Hall–Kier alpha value is -1.20. The quantitative estimate of drug-likeness (QED) is 0.511. The van der Waals surface area contributed by atoms with Gasteiger partial charge in [-0.1, -0.05) is 11.6 Å². The summed E-state index contributed by atoms with van der Waals surface area (Å²) in [5, 5.41) is 0.0295. The Balaban J connectivity index is 2.57. The summed E-state index contributed by atoms with van der Waals surface area (Å²) in [6.45, 7) is -0.245. The fourth-order valence-corrected chi connectivity index (χ4v) is 1.27. The van der Waals surface area contributed by atoms with Gasteiger partial charge in [-0.3, -0.25) is 0 Å². The first-order valence-electron chi connectivity index (χ1n) is 4.63. The van der Waals surface area contributed by atoms with Gasteiger partial charge in [-0.2, -0.15) is 0 Å². The van der Waals surface area contributed by atoms with E-state index in [1.54, 1.807) is 0 Å².